The quantitative estimate of drug-likeness (QED) is 0.447. The van der Waals surface area contributed by atoms with Crippen molar-refractivity contribution >= 4 is 11.4 Å². The van der Waals surface area contributed by atoms with E-state index in [4.69, 9.17) is 9.47 Å². The first kappa shape index (κ1) is 15.3. The minimum atomic E-state index is 0.658. The van der Waals surface area contributed by atoms with Gasteiger partial charge in [-0.2, -0.15) is 0 Å². The lowest BCUT2D eigenvalue weighted by molar-refractivity contribution is 0.0701. The molecule has 0 radical (unpaired) electrons. The average molecular weight is 228 g/mol. The Bertz CT molecular complexity index is 225. The van der Waals surface area contributed by atoms with Crippen LogP contribution in [0.4, 0.5) is 0 Å². The van der Waals surface area contributed by atoms with Crippen LogP contribution >= 0.6 is 0 Å². The van der Waals surface area contributed by atoms with Crippen LogP contribution in [-0.2, 0) is 9.47 Å². The van der Waals surface area contributed by atoms with Gasteiger partial charge in [-0.1, -0.05) is 6.92 Å². The summed E-state index contributed by atoms with van der Waals surface area (Å²) in [7, 11) is 5.32. The highest BCUT2D eigenvalue weighted by Gasteiger charge is 2.04. The van der Waals surface area contributed by atoms with Crippen LogP contribution in [0.5, 0.6) is 0 Å². The number of ether oxygens (including phenoxy) is 2. The summed E-state index contributed by atoms with van der Waals surface area (Å²) < 4.78 is 10.3. The highest BCUT2D eigenvalue weighted by atomic mass is 16.5. The van der Waals surface area contributed by atoms with Crippen LogP contribution in [0, 0.1) is 0 Å². The van der Waals surface area contributed by atoms with Crippen molar-refractivity contribution in [2.24, 2.45) is 9.98 Å². The van der Waals surface area contributed by atoms with Gasteiger partial charge in [-0.3, -0.25) is 9.98 Å². The molecule has 0 fully saturated rings. The molecular formula is C12H24N2O2. The van der Waals surface area contributed by atoms with Crippen LogP contribution in [0.15, 0.2) is 9.98 Å². The molecular weight excluding hydrogens is 204 g/mol. The van der Waals surface area contributed by atoms with Gasteiger partial charge in [0.1, 0.15) is 0 Å². The van der Waals surface area contributed by atoms with Gasteiger partial charge in [-0.25, -0.2) is 0 Å². The van der Waals surface area contributed by atoms with E-state index in [-0.39, 0.29) is 0 Å². The third kappa shape index (κ3) is 6.69. The van der Waals surface area contributed by atoms with Crippen LogP contribution in [0.3, 0.4) is 0 Å². The van der Waals surface area contributed by atoms with Crippen LogP contribution in [0.25, 0.3) is 0 Å². The summed E-state index contributed by atoms with van der Waals surface area (Å²) in [6, 6.07) is 0. The molecule has 0 rings (SSSR count). The lowest BCUT2D eigenvalue weighted by atomic mass is 10.1. The molecule has 0 aliphatic rings. The zero-order valence-corrected chi connectivity index (χ0v) is 11.0. The minimum absolute atomic E-state index is 0.658. The Morgan fingerprint density at radius 2 is 1.69 bits per heavy atom. The second-order valence-corrected chi connectivity index (χ2v) is 3.40. The second kappa shape index (κ2) is 10.8. The number of aliphatic imine (C=N–C) groups is 2. The number of hydrogen-bond acceptors (Lipinski definition) is 4. The summed E-state index contributed by atoms with van der Waals surface area (Å²) in [6.07, 6.45) is 2.85. The fourth-order valence-electron chi connectivity index (χ4n) is 1.46. The molecule has 4 heteroatoms. The monoisotopic (exact) mass is 228 g/mol. The zero-order valence-electron chi connectivity index (χ0n) is 11.0. The van der Waals surface area contributed by atoms with Crippen LogP contribution in [0.2, 0.25) is 0 Å². The van der Waals surface area contributed by atoms with Crippen molar-refractivity contribution in [3.8, 4) is 0 Å². The molecule has 0 N–H and O–H groups in total. The topological polar surface area (TPSA) is 43.2 Å². The SMILES string of the molecule is CCC(=NC)C(CCCOCCOC)=NC. The number of methoxy groups -OCH3 is 1. The maximum Gasteiger partial charge on any atom is 0.0700 e. The molecule has 0 saturated carbocycles. The highest BCUT2D eigenvalue weighted by Crippen LogP contribution is 2.00. The van der Waals surface area contributed by atoms with Crippen molar-refractivity contribution in [3.63, 3.8) is 0 Å². The molecule has 0 aromatic heterocycles. The largest absolute Gasteiger partial charge is 0.382 e. The van der Waals surface area contributed by atoms with Gasteiger partial charge in [0.2, 0.25) is 0 Å². The third-order valence-corrected chi connectivity index (χ3v) is 2.34. The smallest absolute Gasteiger partial charge is 0.0700 e. The summed E-state index contributed by atoms with van der Waals surface area (Å²) in [4.78, 5) is 8.50. The van der Waals surface area contributed by atoms with E-state index in [1.807, 2.05) is 14.1 Å². The molecule has 94 valence electrons. The Labute approximate surface area is 98.8 Å². The first-order chi connectivity index (χ1) is 7.79. The summed E-state index contributed by atoms with van der Waals surface area (Å²) in [5, 5.41) is 0. The Balaban J connectivity index is 3.73. The van der Waals surface area contributed by atoms with E-state index < -0.39 is 0 Å². The van der Waals surface area contributed by atoms with Gasteiger partial charge in [0, 0.05) is 27.8 Å². The Morgan fingerprint density at radius 3 is 2.19 bits per heavy atom. The van der Waals surface area contributed by atoms with E-state index >= 15 is 0 Å². The van der Waals surface area contributed by atoms with Crippen molar-refractivity contribution in [1.29, 1.82) is 0 Å². The van der Waals surface area contributed by atoms with E-state index in [0.717, 1.165) is 37.3 Å². The Morgan fingerprint density at radius 1 is 1.00 bits per heavy atom. The number of nitrogens with zero attached hydrogens (tertiary/aromatic N) is 2. The van der Waals surface area contributed by atoms with Gasteiger partial charge >= 0.3 is 0 Å². The molecule has 16 heavy (non-hydrogen) atoms. The Hall–Kier alpha value is -0.740. The molecule has 0 amide bonds. The standard InChI is InChI=1S/C12H24N2O2/c1-5-11(13-2)12(14-3)7-6-8-16-10-9-15-4/h5-10H2,1-4H3. The van der Waals surface area contributed by atoms with Gasteiger partial charge in [-0.15, -0.1) is 0 Å². The average Bonchev–Trinajstić information content (AvgIpc) is 2.32. The first-order valence-electron chi connectivity index (χ1n) is 5.78. The number of hydrogen-bond donors (Lipinski definition) is 0. The molecule has 0 aromatic rings. The first-order valence-corrected chi connectivity index (χ1v) is 5.78. The van der Waals surface area contributed by atoms with E-state index in [9.17, 15) is 0 Å². The van der Waals surface area contributed by atoms with Crippen molar-refractivity contribution in [2.75, 3.05) is 41.0 Å². The maximum absolute atomic E-state index is 5.40. The Kier molecular flexibility index (Phi) is 10.3. The maximum atomic E-state index is 5.40. The normalized spacial score (nSPS) is 13.2. The summed E-state index contributed by atoms with van der Waals surface area (Å²) in [5.41, 5.74) is 2.19. The van der Waals surface area contributed by atoms with Crippen molar-refractivity contribution in [3.05, 3.63) is 0 Å². The summed E-state index contributed by atoms with van der Waals surface area (Å²) in [6.45, 7) is 4.18. The van der Waals surface area contributed by atoms with Crippen LogP contribution in [-0.4, -0.2) is 52.4 Å². The van der Waals surface area contributed by atoms with Gasteiger partial charge in [0.15, 0.2) is 0 Å². The molecule has 0 atom stereocenters. The van der Waals surface area contributed by atoms with E-state index in [1.54, 1.807) is 7.11 Å². The van der Waals surface area contributed by atoms with Gasteiger partial charge in [0.05, 0.1) is 24.6 Å². The highest BCUT2D eigenvalue weighted by molar-refractivity contribution is 6.42. The van der Waals surface area contributed by atoms with E-state index in [2.05, 4.69) is 16.9 Å². The molecule has 0 aliphatic heterocycles. The molecule has 0 saturated heterocycles. The number of rotatable bonds is 9. The second-order valence-electron chi connectivity index (χ2n) is 3.40. The molecule has 0 spiro atoms. The third-order valence-electron chi connectivity index (χ3n) is 2.34. The van der Waals surface area contributed by atoms with Crippen molar-refractivity contribution in [1.82, 2.24) is 0 Å². The molecule has 0 unspecified atom stereocenters. The van der Waals surface area contributed by atoms with Gasteiger partial charge in [-0.05, 0) is 19.3 Å². The van der Waals surface area contributed by atoms with Crippen molar-refractivity contribution in [2.45, 2.75) is 26.2 Å². The lowest BCUT2D eigenvalue weighted by Crippen LogP contribution is -2.14. The predicted octanol–water partition coefficient (Wildman–Crippen LogP) is 1.98. The minimum Gasteiger partial charge on any atom is -0.382 e. The van der Waals surface area contributed by atoms with E-state index in [1.165, 1.54) is 0 Å². The van der Waals surface area contributed by atoms with Gasteiger partial charge < -0.3 is 9.47 Å². The van der Waals surface area contributed by atoms with Gasteiger partial charge in [0.25, 0.3) is 0 Å². The fourth-order valence-corrected chi connectivity index (χ4v) is 1.46. The van der Waals surface area contributed by atoms with Crippen LogP contribution in [0.1, 0.15) is 26.2 Å². The molecule has 4 nitrogen and oxygen atoms in total. The molecule has 0 aliphatic carbocycles. The van der Waals surface area contributed by atoms with Crippen LogP contribution < -0.4 is 0 Å². The summed E-state index contributed by atoms with van der Waals surface area (Å²) >= 11 is 0. The molecule has 0 heterocycles. The molecule has 0 aromatic carbocycles. The predicted molar refractivity (Wildman–Crippen MR) is 68.9 cm³/mol. The van der Waals surface area contributed by atoms with E-state index in [0.29, 0.717) is 13.2 Å². The molecule has 0 bridgehead atoms. The zero-order chi connectivity index (χ0) is 12.2. The lowest BCUT2D eigenvalue weighted by Gasteiger charge is -2.07. The van der Waals surface area contributed by atoms with Crippen molar-refractivity contribution < 1.29 is 9.47 Å². The summed E-state index contributed by atoms with van der Waals surface area (Å²) in [5.74, 6) is 0. The fraction of sp³-hybridized carbons (Fsp3) is 0.833.